The average molecular weight is 458 g/mol. The molecule has 31 heavy (non-hydrogen) atoms. The van der Waals surface area contributed by atoms with Gasteiger partial charge in [-0.2, -0.15) is 10.1 Å². The molecule has 0 spiro atoms. The highest BCUT2D eigenvalue weighted by atomic mass is 32.2. The zero-order valence-corrected chi connectivity index (χ0v) is 19.6. The number of thiophene rings is 1. The quantitative estimate of drug-likeness (QED) is 0.448. The summed E-state index contributed by atoms with van der Waals surface area (Å²) in [6, 6.07) is 2.03. The van der Waals surface area contributed by atoms with E-state index in [2.05, 4.69) is 10.4 Å². The van der Waals surface area contributed by atoms with Crippen LogP contribution in [0.2, 0.25) is 0 Å². The predicted molar refractivity (Wildman–Crippen MR) is 123 cm³/mol. The molecule has 1 aliphatic heterocycles. The summed E-state index contributed by atoms with van der Waals surface area (Å²) in [5.41, 5.74) is 3.33. The molecule has 3 aromatic rings. The molecule has 0 aromatic carbocycles. The minimum atomic E-state index is 0.0176. The molecule has 3 aromatic heterocycles. The van der Waals surface area contributed by atoms with Crippen molar-refractivity contribution < 1.29 is 9.53 Å². The van der Waals surface area contributed by atoms with Crippen molar-refractivity contribution in [2.45, 2.75) is 63.5 Å². The normalized spacial score (nSPS) is 18.5. The number of fused-ring (bicyclic) bond motifs is 3. The van der Waals surface area contributed by atoms with Crippen LogP contribution < -0.4 is 5.32 Å². The van der Waals surface area contributed by atoms with E-state index in [-0.39, 0.29) is 12.0 Å². The first-order valence-electron chi connectivity index (χ1n) is 11.0. The first-order valence-corrected chi connectivity index (χ1v) is 12.8. The van der Waals surface area contributed by atoms with Crippen molar-refractivity contribution in [3.63, 3.8) is 0 Å². The topological polar surface area (TPSA) is 81.9 Å². The Morgan fingerprint density at radius 3 is 2.94 bits per heavy atom. The van der Waals surface area contributed by atoms with Gasteiger partial charge in [0.05, 0.1) is 17.6 Å². The van der Waals surface area contributed by atoms with Crippen molar-refractivity contribution in [3.05, 3.63) is 27.9 Å². The van der Waals surface area contributed by atoms with Gasteiger partial charge >= 0.3 is 0 Å². The Balaban J connectivity index is 1.43. The molecular formula is C22H27N5O2S2. The van der Waals surface area contributed by atoms with Crippen molar-refractivity contribution in [2.75, 3.05) is 18.9 Å². The van der Waals surface area contributed by atoms with E-state index < -0.39 is 0 Å². The third kappa shape index (κ3) is 4.36. The van der Waals surface area contributed by atoms with E-state index in [0.29, 0.717) is 18.2 Å². The van der Waals surface area contributed by atoms with E-state index in [0.717, 1.165) is 58.9 Å². The van der Waals surface area contributed by atoms with Crippen molar-refractivity contribution in [1.29, 1.82) is 0 Å². The Morgan fingerprint density at radius 2 is 2.16 bits per heavy atom. The van der Waals surface area contributed by atoms with Gasteiger partial charge in [0.25, 0.3) is 5.95 Å². The number of nitrogens with one attached hydrogen (secondary N) is 1. The van der Waals surface area contributed by atoms with Gasteiger partial charge in [0.2, 0.25) is 5.91 Å². The molecule has 4 heterocycles. The third-order valence-electron chi connectivity index (χ3n) is 5.86. The number of amides is 1. The average Bonchev–Trinajstić information content (AvgIpc) is 3.48. The molecule has 1 fully saturated rings. The first-order chi connectivity index (χ1) is 15.1. The molecule has 5 rings (SSSR count). The number of hydrogen-bond donors (Lipinski definition) is 1. The number of thioether (sulfide) groups is 1. The monoisotopic (exact) mass is 457 g/mol. The van der Waals surface area contributed by atoms with E-state index >= 15 is 0 Å². The summed E-state index contributed by atoms with van der Waals surface area (Å²) in [4.78, 5) is 24.7. The lowest BCUT2D eigenvalue weighted by Crippen LogP contribution is -2.32. The van der Waals surface area contributed by atoms with Gasteiger partial charge < -0.3 is 10.1 Å². The lowest BCUT2D eigenvalue weighted by molar-refractivity contribution is -0.119. The minimum Gasteiger partial charge on any atom is -0.376 e. The number of carbonyl (C=O) groups is 1. The summed E-state index contributed by atoms with van der Waals surface area (Å²) in [5.74, 6) is 0.933. The highest BCUT2D eigenvalue weighted by Gasteiger charge is 2.23. The second kappa shape index (κ2) is 8.88. The lowest BCUT2D eigenvalue weighted by Gasteiger charge is -2.13. The Bertz CT molecular complexity index is 1120. The van der Waals surface area contributed by atoms with Crippen LogP contribution in [-0.4, -0.2) is 50.7 Å². The van der Waals surface area contributed by atoms with Gasteiger partial charge in [0.1, 0.15) is 9.86 Å². The Kier molecular flexibility index (Phi) is 5.99. The molecule has 1 atom stereocenters. The number of aryl methyl sites for hydroxylation is 4. The van der Waals surface area contributed by atoms with Gasteiger partial charge in [0.15, 0.2) is 0 Å². The highest BCUT2D eigenvalue weighted by molar-refractivity contribution is 8.00. The van der Waals surface area contributed by atoms with Crippen LogP contribution in [-0.2, 0) is 22.4 Å². The lowest BCUT2D eigenvalue weighted by atomic mass is 9.97. The molecule has 7 nitrogen and oxygen atoms in total. The van der Waals surface area contributed by atoms with Crippen LogP contribution in [0.5, 0.6) is 0 Å². The van der Waals surface area contributed by atoms with Crippen LogP contribution in [0.1, 0.15) is 47.5 Å². The zero-order chi connectivity index (χ0) is 21.4. The molecular weight excluding hydrogens is 430 g/mol. The van der Waals surface area contributed by atoms with E-state index in [4.69, 9.17) is 14.7 Å². The Hall–Kier alpha value is -1.97. The standard InChI is InChI=1S/C22H27N5O2S2/c1-13-10-14(2)27(26-13)22-24-20(30-12-18(28)23-11-15-6-5-9-29-15)19-16-7-3-4-8-17(16)31-21(19)25-22/h10,15H,3-9,11-12H2,1-2H3,(H,23,28)/t15-/m1/s1. The molecule has 1 N–H and O–H groups in total. The van der Waals surface area contributed by atoms with Crippen LogP contribution in [0.15, 0.2) is 11.1 Å². The molecule has 164 valence electrons. The highest BCUT2D eigenvalue weighted by Crippen LogP contribution is 2.40. The summed E-state index contributed by atoms with van der Waals surface area (Å²) in [6.07, 6.45) is 6.85. The maximum absolute atomic E-state index is 12.5. The number of carbonyl (C=O) groups excluding carboxylic acids is 1. The van der Waals surface area contributed by atoms with Gasteiger partial charge in [-0.05, 0) is 64.0 Å². The molecule has 9 heteroatoms. The second-order valence-electron chi connectivity index (χ2n) is 8.29. The van der Waals surface area contributed by atoms with Gasteiger partial charge in [-0.15, -0.1) is 11.3 Å². The van der Waals surface area contributed by atoms with Crippen LogP contribution in [0.4, 0.5) is 0 Å². The van der Waals surface area contributed by atoms with Gasteiger partial charge in [-0.1, -0.05) is 11.8 Å². The fourth-order valence-electron chi connectivity index (χ4n) is 4.36. The van der Waals surface area contributed by atoms with Gasteiger partial charge in [-0.3, -0.25) is 4.79 Å². The zero-order valence-electron chi connectivity index (χ0n) is 17.9. The molecule has 0 radical (unpaired) electrons. The summed E-state index contributed by atoms with van der Waals surface area (Å²) in [5, 5.41) is 9.62. The number of rotatable bonds is 6. The SMILES string of the molecule is Cc1cc(C)n(-c2nc(SCC(=O)NC[C@H]3CCCO3)c3c4c(sc3n2)CCCC4)n1. The second-order valence-corrected chi connectivity index (χ2v) is 10.3. The maximum atomic E-state index is 12.5. The van der Waals surface area contributed by atoms with Crippen LogP contribution >= 0.6 is 23.1 Å². The molecule has 0 unspecified atom stereocenters. The van der Waals surface area contributed by atoms with E-state index in [1.807, 2.05) is 19.9 Å². The van der Waals surface area contributed by atoms with Crippen LogP contribution in [0.3, 0.4) is 0 Å². The number of aromatic nitrogens is 4. The van der Waals surface area contributed by atoms with Crippen molar-refractivity contribution in [3.8, 4) is 5.95 Å². The van der Waals surface area contributed by atoms with E-state index in [1.54, 1.807) is 16.0 Å². The van der Waals surface area contributed by atoms with E-state index in [9.17, 15) is 4.79 Å². The molecule has 1 saturated heterocycles. The molecule has 1 aliphatic carbocycles. The van der Waals surface area contributed by atoms with Gasteiger partial charge in [-0.25, -0.2) is 9.67 Å². The summed E-state index contributed by atoms with van der Waals surface area (Å²) < 4.78 is 7.40. The molecule has 1 amide bonds. The fraction of sp³-hybridized carbons (Fsp3) is 0.545. The van der Waals surface area contributed by atoms with Crippen molar-refractivity contribution in [1.82, 2.24) is 25.1 Å². The predicted octanol–water partition coefficient (Wildman–Crippen LogP) is 3.76. The van der Waals surface area contributed by atoms with Crippen molar-refractivity contribution >= 4 is 39.2 Å². The number of nitrogens with zero attached hydrogens (tertiary/aromatic N) is 4. The minimum absolute atomic E-state index is 0.0176. The summed E-state index contributed by atoms with van der Waals surface area (Å²) in [6.45, 7) is 5.37. The molecule has 0 bridgehead atoms. The van der Waals surface area contributed by atoms with Gasteiger partial charge in [0, 0.05) is 29.1 Å². The smallest absolute Gasteiger partial charge is 0.253 e. The summed E-state index contributed by atoms with van der Waals surface area (Å²) in [7, 11) is 0. The molecule has 0 saturated carbocycles. The van der Waals surface area contributed by atoms with Crippen molar-refractivity contribution in [2.24, 2.45) is 0 Å². The summed E-state index contributed by atoms with van der Waals surface area (Å²) >= 11 is 3.28. The first kappa shape index (κ1) is 20.9. The maximum Gasteiger partial charge on any atom is 0.253 e. The van der Waals surface area contributed by atoms with E-state index in [1.165, 1.54) is 35.0 Å². The molecule has 2 aliphatic rings. The van der Waals surface area contributed by atoms with Crippen LogP contribution in [0, 0.1) is 13.8 Å². The largest absolute Gasteiger partial charge is 0.376 e. The Morgan fingerprint density at radius 1 is 1.29 bits per heavy atom. The van der Waals surface area contributed by atoms with Crippen LogP contribution in [0.25, 0.3) is 16.2 Å². The third-order valence-corrected chi connectivity index (χ3v) is 8.02. The fourth-order valence-corrected chi connectivity index (χ4v) is 6.56. The number of hydrogen-bond acceptors (Lipinski definition) is 7. The number of ether oxygens (including phenoxy) is 1. The Labute approximate surface area is 190 Å².